The average Bonchev–Trinajstić information content (AvgIpc) is 3.94. The zero-order valence-corrected chi connectivity index (χ0v) is 35.4. The lowest BCUT2D eigenvalue weighted by atomic mass is 9.93. The lowest BCUT2D eigenvalue weighted by molar-refractivity contribution is 0.670. The lowest BCUT2D eigenvalue weighted by Crippen LogP contribution is -2.10. The number of benzene rings is 11. The van der Waals surface area contributed by atoms with E-state index in [1.807, 2.05) is 0 Å². The first-order chi connectivity index (χ1) is 32.2. The smallest absolute Gasteiger partial charge is 0.145 e. The summed E-state index contributed by atoms with van der Waals surface area (Å²) in [6, 6.07) is 87.6. The molecule has 0 aliphatic carbocycles. The minimum atomic E-state index is 0.854. The molecule has 11 aromatic carbocycles. The minimum absolute atomic E-state index is 0.854. The standard InChI is InChI=1S/C62H40N2O/c1-2-15-41(16-3-1)42-29-33-46(34-30-42)63(47-35-31-43(32-36-47)56-40-45-17-4-5-20-49(45)51-21-6-7-22-52(51)56)59-38-37-50(62-61(59)55-25-10-13-28-60(55)65-62)44-18-14-19-48(39-44)64-57-26-11-8-23-53(57)54-24-9-12-27-58(54)64/h1-40H. The van der Waals surface area contributed by atoms with Crippen molar-refractivity contribution >= 4 is 82.4 Å². The van der Waals surface area contributed by atoms with Crippen molar-refractivity contribution in [3.63, 3.8) is 0 Å². The van der Waals surface area contributed by atoms with Crippen LogP contribution in [0.25, 0.3) is 104 Å². The summed E-state index contributed by atoms with van der Waals surface area (Å²) in [5.41, 5.74) is 15.2. The van der Waals surface area contributed by atoms with E-state index in [0.29, 0.717) is 0 Å². The highest BCUT2D eigenvalue weighted by molar-refractivity contribution is 6.18. The normalized spacial score (nSPS) is 11.7. The van der Waals surface area contributed by atoms with Gasteiger partial charge in [-0.3, -0.25) is 0 Å². The molecule has 0 N–H and O–H groups in total. The van der Waals surface area contributed by atoms with Crippen molar-refractivity contribution in [2.45, 2.75) is 0 Å². The molecule has 3 heteroatoms. The highest BCUT2D eigenvalue weighted by Crippen LogP contribution is 2.47. The second kappa shape index (κ2) is 15.0. The molecule has 13 aromatic rings. The third-order valence-corrected chi connectivity index (χ3v) is 13.2. The highest BCUT2D eigenvalue weighted by atomic mass is 16.3. The van der Waals surface area contributed by atoms with Crippen molar-refractivity contribution in [3.8, 4) is 39.1 Å². The molecule has 65 heavy (non-hydrogen) atoms. The van der Waals surface area contributed by atoms with E-state index >= 15 is 0 Å². The summed E-state index contributed by atoms with van der Waals surface area (Å²) in [4.78, 5) is 2.39. The molecule has 304 valence electrons. The lowest BCUT2D eigenvalue weighted by Gasteiger charge is -2.27. The maximum atomic E-state index is 6.97. The molecule has 0 aliphatic heterocycles. The van der Waals surface area contributed by atoms with Crippen LogP contribution in [0.2, 0.25) is 0 Å². The van der Waals surface area contributed by atoms with Crippen molar-refractivity contribution in [2.75, 3.05) is 4.90 Å². The van der Waals surface area contributed by atoms with Gasteiger partial charge in [0.1, 0.15) is 11.2 Å². The van der Waals surface area contributed by atoms with Gasteiger partial charge in [-0.2, -0.15) is 0 Å². The Morgan fingerprint density at radius 3 is 1.62 bits per heavy atom. The van der Waals surface area contributed by atoms with E-state index in [1.54, 1.807) is 0 Å². The van der Waals surface area contributed by atoms with Gasteiger partial charge in [0.2, 0.25) is 0 Å². The fourth-order valence-corrected chi connectivity index (χ4v) is 10.2. The largest absolute Gasteiger partial charge is 0.455 e. The molecule has 0 radical (unpaired) electrons. The van der Waals surface area contributed by atoms with Crippen molar-refractivity contribution in [1.82, 2.24) is 4.57 Å². The molecule has 0 aliphatic rings. The zero-order valence-electron chi connectivity index (χ0n) is 35.4. The van der Waals surface area contributed by atoms with Gasteiger partial charge in [-0.1, -0.05) is 170 Å². The quantitative estimate of drug-likeness (QED) is 0.149. The summed E-state index contributed by atoms with van der Waals surface area (Å²) >= 11 is 0. The molecule has 0 saturated heterocycles. The molecular weight excluding hydrogens is 789 g/mol. The molecule has 3 nitrogen and oxygen atoms in total. The fraction of sp³-hybridized carbons (Fsp3) is 0. The predicted molar refractivity (Wildman–Crippen MR) is 274 cm³/mol. The first-order valence-corrected chi connectivity index (χ1v) is 22.2. The Bertz CT molecular complexity index is 3880. The average molecular weight is 829 g/mol. The van der Waals surface area contributed by atoms with Crippen LogP contribution in [-0.4, -0.2) is 4.57 Å². The molecule has 13 rings (SSSR count). The van der Waals surface area contributed by atoms with Crippen molar-refractivity contribution in [3.05, 3.63) is 243 Å². The van der Waals surface area contributed by atoms with Gasteiger partial charge < -0.3 is 13.9 Å². The molecule has 0 unspecified atom stereocenters. The van der Waals surface area contributed by atoms with E-state index in [4.69, 9.17) is 4.42 Å². The second-order valence-electron chi connectivity index (χ2n) is 16.8. The van der Waals surface area contributed by atoms with Crippen LogP contribution in [0.3, 0.4) is 0 Å². The second-order valence-corrected chi connectivity index (χ2v) is 16.8. The molecule has 0 bridgehead atoms. The van der Waals surface area contributed by atoms with Crippen molar-refractivity contribution in [1.29, 1.82) is 0 Å². The summed E-state index contributed by atoms with van der Waals surface area (Å²) in [7, 11) is 0. The van der Waals surface area contributed by atoms with Crippen LogP contribution in [0.5, 0.6) is 0 Å². The molecule has 0 amide bonds. The number of rotatable bonds is 7. The highest BCUT2D eigenvalue weighted by Gasteiger charge is 2.23. The number of nitrogens with zero attached hydrogens (tertiary/aromatic N) is 2. The Morgan fingerprint density at radius 2 is 0.892 bits per heavy atom. The van der Waals surface area contributed by atoms with Crippen LogP contribution < -0.4 is 4.90 Å². The van der Waals surface area contributed by atoms with Crippen LogP contribution in [0.1, 0.15) is 0 Å². The molecule has 0 fully saturated rings. The Balaban J connectivity index is 0.997. The van der Waals surface area contributed by atoms with Crippen LogP contribution in [0.15, 0.2) is 247 Å². The summed E-state index contributed by atoms with van der Waals surface area (Å²) in [5.74, 6) is 0. The number of furan rings is 1. The van der Waals surface area contributed by atoms with Crippen LogP contribution in [0.4, 0.5) is 17.1 Å². The van der Waals surface area contributed by atoms with E-state index in [9.17, 15) is 0 Å². The van der Waals surface area contributed by atoms with Gasteiger partial charge in [-0.25, -0.2) is 0 Å². The van der Waals surface area contributed by atoms with Gasteiger partial charge in [0, 0.05) is 38.8 Å². The van der Waals surface area contributed by atoms with Crippen molar-refractivity contribution in [2.24, 2.45) is 0 Å². The van der Waals surface area contributed by atoms with Gasteiger partial charge in [0.05, 0.1) is 22.1 Å². The molecular formula is C62H40N2O. The molecule has 0 atom stereocenters. The van der Waals surface area contributed by atoms with Gasteiger partial charge in [0.25, 0.3) is 0 Å². The molecule has 0 spiro atoms. The fourth-order valence-electron chi connectivity index (χ4n) is 10.2. The summed E-state index contributed by atoms with van der Waals surface area (Å²) in [6.07, 6.45) is 0. The molecule has 0 saturated carbocycles. The SMILES string of the molecule is c1ccc(-c2ccc(N(c3ccc(-c4cc5ccccc5c5ccccc45)cc3)c3ccc(-c4cccc(-n5c6ccccc6c6ccccc65)c4)c4oc5ccccc5c34)cc2)cc1. The minimum Gasteiger partial charge on any atom is -0.455 e. The van der Waals surface area contributed by atoms with Crippen LogP contribution in [0, 0.1) is 0 Å². The number of aromatic nitrogens is 1. The third-order valence-electron chi connectivity index (χ3n) is 13.2. The first kappa shape index (κ1) is 36.9. The van der Waals surface area contributed by atoms with Gasteiger partial charge >= 0.3 is 0 Å². The maximum Gasteiger partial charge on any atom is 0.145 e. The Hall–Kier alpha value is -8.66. The van der Waals surface area contributed by atoms with E-state index < -0.39 is 0 Å². The molecule has 2 aromatic heterocycles. The zero-order chi connectivity index (χ0) is 42.8. The Labute approximate surface area is 376 Å². The Morgan fingerprint density at radius 1 is 0.338 bits per heavy atom. The number of fused-ring (bicyclic) bond motifs is 9. The summed E-state index contributed by atoms with van der Waals surface area (Å²) in [5, 5.41) is 9.64. The molecule has 2 heterocycles. The van der Waals surface area contributed by atoms with Crippen molar-refractivity contribution < 1.29 is 4.42 Å². The summed E-state index contributed by atoms with van der Waals surface area (Å²) < 4.78 is 9.35. The van der Waals surface area contributed by atoms with E-state index in [-0.39, 0.29) is 0 Å². The summed E-state index contributed by atoms with van der Waals surface area (Å²) in [6.45, 7) is 0. The number of hydrogen-bond acceptors (Lipinski definition) is 2. The van der Waals surface area contributed by atoms with E-state index in [2.05, 4.69) is 252 Å². The van der Waals surface area contributed by atoms with Gasteiger partial charge in [-0.05, 0) is 122 Å². The third kappa shape index (κ3) is 6.05. The first-order valence-electron chi connectivity index (χ1n) is 22.2. The predicted octanol–water partition coefficient (Wildman–Crippen LogP) is 17.5. The van der Waals surface area contributed by atoms with Crippen LogP contribution in [-0.2, 0) is 0 Å². The topological polar surface area (TPSA) is 21.3 Å². The monoisotopic (exact) mass is 828 g/mol. The maximum absolute atomic E-state index is 6.97. The van der Waals surface area contributed by atoms with E-state index in [0.717, 1.165) is 55.8 Å². The number of para-hydroxylation sites is 3. The number of anilines is 3. The Kier molecular flexibility index (Phi) is 8.53. The van der Waals surface area contributed by atoms with Gasteiger partial charge in [-0.15, -0.1) is 0 Å². The van der Waals surface area contributed by atoms with Crippen LogP contribution >= 0.6 is 0 Å². The van der Waals surface area contributed by atoms with E-state index in [1.165, 1.54) is 65.6 Å². The van der Waals surface area contributed by atoms with Gasteiger partial charge in [0.15, 0.2) is 0 Å². The number of hydrogen-bond donors (Lipinski definition) is 0.